The summed E-state index contributed by atoms with van der Waals surface area (Å²) >= 11 is 4.99. The van der Waals surface area contributed by atoms with E-state index in [1.54, 1.807) is 6.07 Å². The van der Waals surface area contributed by atoms with Crippen molar-refractivity contribution in [1.82, 2.24) is 20.7 Å². The van der Waals surface area contributed by atoms with Gasteiger partial charge in [-0.1, -0.05) is 12.1 Å². The zero-order valence-electron chi connectivity index (χ0n) is 11.1. The number of nitrogens with one attached hydrogen (secondary N) is 3. The van der Waals surface area contributed by atoms with Crippen molar-refractivity contribution in [3.05, 3.63) is 54.4 Å². The summed E-state index contributed by atoms with van der Waals surface area (Å²) in [6, 6.07) is 11.2. The predicted octanol–water partition coefficient (Wildman–Crippen LogP) is 1.61. The van der Waals surface area contributed by atoms with Crippen molar-refractivity contribution in [2.75, 3.05) is 6.54 Å². The first kappa shape index (κ1) is 14.1. The fourth-order valence-electron chi connectivity index (χ4n) is 1.77. The summed E-state index contributed by atoms with van der Waals surface area (Å²) in [5, 5.41) is 3.28. The Kier molecular flexibility index (Phi) is 4.73. The molecule has 0 atom stereocenters. The molecule has 3 N–H and O–H groups in total. The van der Waals surface area contributed by atoms with Crippen LogP contribution in [0.25, 0.3) is 5.69 Å². The number of carbonyl (C=O) groups excluding carboxylic acids is 1. The molecule has 0 aliphatic heterocycles. The van der Waals surface area contributed by atoms with Gasteiger partial charge in [-0.2, -0.15) is 0 Å². The summed E-state index contributed by atoms with van der Waals surface area (Å²) in [6.45, 7) is 2.62. The van der Waals surface area contributed by atoms with Gasteiger partial charge in [0.25, 0.3) is 5.91 Å². The number of thiocarbonyl (C=S) groups is 1. The summed E-state index contributed by atoms with van der Waals surface area (Å²) in [5.74, 6) is -0.241. The normalized spacial score (nSPS) is 9.85. The average Bonchev–Trinajstić information content (AvgIpc) is 2.99. The summed E-state index contributed by atoms with van der Waals surface area (Å²) < 4.78 is 1.89. The first-order valence-corrected chi connectivity index (χ1v) is 6.69. The van der Waals surface area contributed by atoms with Gasteiger partial charge in [-0.25, -0.2) is 0 Å². The lowest BCUT2D eigenvalue weighted by atomic mass is 10.1. The van der Waals surface area contributed by atoms with Crippen molar-refractivity contribution < 1.29 is 4.79 Å². The Morgan fingerprint density at radius 3 is 2.55 bits per heavy atom. The van der Waals surface area contributed by atoms with Crippen LogP contribution in [0.15, 0.2) is 48.8 Å². The minimum Gasteiger partial charge on any atom is -0.362 e. The molecule has 0 aliphatic rings. The maximum atomic E-state index is 12.2. The molecule has 0 radical (unpaired) electrons. The number of amides is 1. The van der Waals surface area contributed by atoms with E-state index < -0.39 is 0 Å². The zero-order valence-corrected chi connectivity index (χ0v) is 11.9. The van der Waals surface area contributed by atoms with Crippen LogP contribution in [0.1, 0.15) is 17.3 Å². The maximum Gasteiger partial charge on any atom is 0.271 e. The van der Waals surface area contributed by atoms with Crippen LogP contribution in [-0.4, -0.2) is 22.1 Å². The summed E-state index contributed by atoms with van der Waals surface area (Å²) in [5.41, 5.74) is 6.62. The van der Waals surface area contributed by atoms with Gasteiger partial charge in [0, 0.05) is 18.9 Å². The highest BCUT2D eigenvalue weighted by Gasteiger charge is 2.11. The lowest BCUT2D eigenvalue weighted by Gasteiger charge is -2.13. The van der Waals surface area contributed by atoms with Crippen molar-refractivity contribution in [2.24, 2.45) is 0 Å². The van der Waals surface area contributed by atoms with Crippen LogP contribution in [0, 0.1) is 0 Å². The van der Waals surface area contributed by atoms with Crippen LogP contribution in [0.3, 0.4) is 0 Å². The third kappa shape index (κ3) is 3.36. The van der Waals surface area contributed by atoms with Crippen molar-refractivity contribution in [1.29, 1.82) is 0 Å². The second-order valence-corrected chi connectivity index (χ2v) is 4.45. The molecule has 0 unspecified atom stereocenters. The van der Waals surface area contributed by atoms with Gasteiger partial charge >= 0.3 is 0 Å². The van der Waals surface area contributed by atoms with E-state index in [9.17, 15) is 4.79 Å². The van der Waals surface area contributed by atoms with Gasteiger partial charge in [0.05, 0.1) is 11.3 Å². The lowest BCUT2D eigenvalue weighted by molar-refractivity contribution is 0.0943. The molecule has 1 aromatic carbocycles. The van der Waals surface area contributed by atoms with E-state index in [0.717, 1.165) is 5.69 Å². The molecule has 20 heavy (non-hydrogen) atoms. The number of benzene rings is 1. The number of hydrazine groups is 1. The fourth-order valence-corrected chi connectivity index (χ4v) is 1.97. The van der Waals surface area contributed by atoms with Crippen LogP contribution in [0.5, 0.6) is 0 Å². The highest BCUT2D eigenvalue weighted by atomic mass is 32.1. The molecule has 0 saturated heterocycles. The number of hydrogen-bond acceptors (Lipinski definition) is 2. The molecule has 104 valence electrons. The molecular formula is C14H16N4OS. The number of para-hydroxylation sites is 1. The quantitative estimate of drug-likeness (QED) is 0.593. The van der Waals surface area contributed by atoms with Crippen molar-refractivity contribution in [3.8, 4) is 5.69 Å². The van der Waals surface area contributed by atoms with Gasteiger partial charge in [-0.15, -0.1) is 0 Å². The summed E-state index contributed by atoms with van der Waals surface area (Å²) in [7, 11) is 0. The number of nitrogens with zero attached hydrogens (tertiary/aromatic N) is 1. The Bertz CT molecular complexity index is 595. The predicted molar refractivity (Wildman–Crippen MR) is 82.6 cm³/mol. The topological polar surface area (TPSA) is 58.1 Å². The van der Waals surface area contributed by atoms with Gasteiger partial charge in [0.1, 0.15) is 0 Å². The van der Waals surface area contributed by atoms with Gasteiger partial charge in [-0.3, -0.25) is 15.6 Å². The van der Waals surface area contributed by atoms with Crippen LogP contribution in [-0.2, 0) is 0 Å². The van der Waals surface area contributed by atoms with E-state index in [2.05, 4.69) is 16.2 Å². The van der Waals surface area contributed by atoms with E-state index in [1.165, 1.54) is 0 Å². The standard InChI is InChI=1S/C14H16N4OS/c1-2-15-14(20)17-16-13(19)11-7-3-4-8-12(11)18-9-5-6-10-18/h3-10H,2H2,1H3,(H,16,19)(H2,15,17,20). The molecular weight excluding hydrogens is 272 g/mol. The SMILES string of the molecule is CCNC(=S)NNC(=O)c1ccccc1-n1cccc1. The first-order chi connectivity index (χ1) is 9.72. The minimum atomic E-state index is -0.241. The molecule has 0 aliphatic carbocycles. The van der Waals surface area contributed by atoms with E-state index in [4.69, 9.17) is 12.2 Å². The molecule has 1 amide bonds. The zero-order chi connectivity index (χ0) is 14.4. The van der Waals surface area contributed by atoms with E-state index in [-0.39, 0.29) is 5.91 Å². The fraction of sp³-hybridized carbons (Fsp3) is 0.143. The van der Waals surface area contributed by atoms with E-state index in [1.807, 2.05) is 54.2 Å². The summed E-state index contributed by atoms with van der Waals surface area (Å²) in [6.07, 6.45) is 3.78. The Morgan fingerprint density at radius 1 is 1.15 bits per heavy atom. The van der Waals surface area contributed by atoms with Crippen LogP contribution in [0.2, 0.25) is 0 Å². The van der Waals surface area contributed by atoms with Gasteiger partial charge in [0.15, 0.2) is 5.11 Å². The highest BCUT2D eigenvalue weighted by molar-refractivity contribution is 7.80. The molecule has 0 bridgehead atoms. The van der Waals surface area contributed by atoms with Gasteiger partial charge in [-0.05, 0) is 43.4 Å². The molecule has 1 heterocycles. The molecule has 1 aromatic heterocycles. The second kappa shape index (κ2) is 6.72. The molecule has 6 heteroatoms. The molecule has 2 aromatic rings. The third-order valence-electron chi connectivity index (χ3n) is 2.66. The number of hydrogen-bond donors (Lipinski definition) is 3. The molecule has 0 fully saturated rings. The van der Waals surface area contributed by atoms with E-state index >= 15 is 0 Å². The highest BCUT2D eigenvalue weighted by Crippen LogP contribution is 2.14. The number of carbonyl (C=O) groups is 1. The largest absolute Gasteiger partial charge is 0.362 e. The molecule has 2 rings (SSSR count). The number of rotatable bonds is 3. The Labute approximate surface area is 123 Å². The average molecular weight is 288 g/mol. The van der Waals surface area contributed by atoms with Crippen LogP contribution < -0.4 is 16.2 Å². The maximum absolute atomic E-state index is 12.2. The lowest BCUT2D eigenvalue weighted by Crippen LogP contribution is -2.46. The Morgan fingerprint density at radius 2 is 1.85 bits per heavy atom. The van der Waals surface area contributed by atoms with Crippen LogP contribution >= 0.6 is 12.2 Å². The summed E-state index contributed by atoms with van der Waals surface area (Å²) in [4.78, 5) is 12.2. The van der Waals surface area contributed by atoms with Gasteiger partial charge < -0.3 is 9.88 Å². The molecule has 0 spiro atoms. The van der Waals surface area contributed by atoms with Crippen molar-refractivity contribution >= 4 is 23.2 Å². The molecule has 5 nitrogen and oxygen atoms in total. The molecule has 0 saturated carbocycles. The Balaban J connectivity index is 2.13. The smallest absolute Gasteiger partial charge is 0.271 e. The Hall–Kier alpha value is -2.34. The number of aromatic nitrogens is 1. The van der Waals surface area contributed by atoms with Crippen molar-refractivity contribution in [3.63, 3.8) is 0 Å². The second-order valence-electron chi connectivity index (χ2n) is 4.05. The monoisotopic (exact) mass is 288 g/mol. The van der Waals surface area contributed by atoms with Crippen molar-refractivity contribution in [2.45, 2.75) is 6.92 Å². The minimum absolute atomic E-state index is 0.241. The third-order valence-corrected chi connectivity index (χ3v) is 2.90. The van der Waals surface area contributed by atoms with Gasteiger partial charge in [0.2, 0.25) is 0 Å². The first-order valence-electron chi connectivity index (χ1n) is 6.29. The van der Waals surface area contributed by atoms with Crippen LogP contribution in [0.4, 0.5) is 0 Å². The van der Waals surface area contributed by atoms with E-state index in [0.29, 0.717) is 17.2 Å².